The van der Waals surface area contributed by atoms with Gasteiger partial charge in [0.05, 0.1) is 23.7 Å². The fourth-order valence-corrected chi connectivity index (χ4v) is 3.07. The van der Waals surface area contributed by atoms with Gasteiger partial charge in [0, 0.05) is 11.3 Å². The molecule has 0 fully saturated rings. The van der Waals surface area contributed by atoms with Crippen molar-refractivity contribution in [1.29, 1.82) is 5.26 Å². The maximum absolute atomic E-state index is 11.7. The molecule has 0 bridgehead atoms. The Hall–Kier alpha value is -3.92. The molecule has 0 aliphatic heterocycles. The maximum Gasteiger partial charge on any atom is 0.357 e. The number of nitriles is 1. The summed E-state index contributed by atoms with van der Waals surface area (Å²) in [5, 5.41) is 31.9. The standard InChI is InChI=1S/C21H17N3O4/c1-12-9-16(7-8-17(12)10-22)18-13(2)24(23-19(18)21(27)28)11-14-3-5-15(6-4-14)20(25)26/h3-9H,11H2,1-2H3,(H,25,26)(H,27,28). The van der Waals surface area contributed by atoms with Gasteiger partial charge in [0.1, 0.15) is 0 Å². The average Bonchev–Trinajstić information content (AvgIpc) is 2.98. The largest absolute Gasteiger partial charge is 0.478 e. The Morgan fingerprint density at radius 3 is 2.29 bits per heavy atom. The Morgan fingerprint density at radius 2 is 1.75 bits per heavy atom. The third-order valence-corrected chi connectivity index (χ3v) is 4.58. The minimum Gasteiger partial charge on any atom is -0.478 e. The van der Waals surface area contributed by atoms with Gasteiger partial charge < -0.3 is 10.2 Å². The molecule has 1 heterocycles. The van der Waals surface area contributed by atoms with Crippen molar-refractivity contribution >= 4 is 11.9 Å². The fourth-order valence-electron chi connectivity index (χ4n) is 3.07. The van der Waals surface area contributed by atoms with E-state index in [4.69, 9.17) is 10.4 Å². The lowest BCUT2D eigenvalue weighted by molar-refractivity contribution is 0.0682. The fraction of sp³-hybridized carbons (Fsp3) is 0.143. The average molecular weight is 375 g/mol. The number of carboxylic acids is 2. The molecule has 0 unspecified atom stereocenters. The molecule has 0 aliphatic rings. The summed E-state index contributed by atoms with van der Waals surface area (Å²) in [6.07, 6.45) is 0. The zero-order valence-electron chi connectivity index (χ0n) is 15.3. The highest BCUT2D eigenvalue weighted by atomic mass is 16.4. The number of hydrogen-bond acceptors (Lipinski definition) is 4. The van der Waals surface area contributed by atoms with Gasteiger partial charge in [0.25, 0.3) is 0 Å². The molecule has 0 amide bonds. The Kier molecular flexibility index (Phi) is 4.96. The highest BCUT2D eigenvalue weighted by Crippen LogP contribution is 2.29. The lowest BCUT2D eigenvalue weighted by Gasteiger charge is -2.07. The third kappa shape index (κ3) is 3.48. The van der Waals surface area contributed by atoms with Gasteiger partial charge in [-0.15, -0.1) is 0 Å². The van der Waals surface area contributed by atoms with E-state index in [0.717, 1.165) is 11.1 Å². The van der Waals surface area contributed by atoms with Crippen LogP contribution in [0.2, 0.25) is 0 Å². The molecule has 0 atom stereocenters. The second kappa shape index (κ2) is 7.37. The first-order chi connectivity index (χ1) is 13.3. The summed E-state index contributed by atoms with van der Waals surface area (Å²) in [5.74, 6) is -2.14. The molecule has 0 radical (unpaired) electrons. The maximum atomic E-state index is 11.7. The molecule has 0 saturated carbocycles. The smallest absolute Gasteiger partial charge is 0.357 e. The van der Waals surface area contributed by atoms with Crippen LogP contribution in [0.25, 0.3) is 11.1 Å². The van der Waals surface area contributed by atoms with Crippen LogP contribution in [0.4, 0.5) is 0 Å². The molecule has 0 spiro atoms. The molecule has 2 N–H and O–H groups in total. The Balaban J connectivity index is 2.04. The topological polar surface area (TPSA) is 116 Å². The number of benzene rings is 2. The van der Waals surface area contributed by atoms with Gasteiger partial charge in [-0.3, -0.25) is 4.68 Å². The normalized spacial score (nSPS) is 10.5. The van der Waals surface area contributed by atoms with Crippen LogP contribution in [-0.4, -0.2) is 31.9 Å². The van der Waals surface area contributed by atoms with Crippen LogP contribution < -0.4 is 0 Å². The number of nitrogens with zero attached hydrogens (tertiary/aromatic N) is 3. The molecule has 1 aromatic heterocycles. The van der Waals surface area contributed by atoms with E-state index < -0.39 is 11.9 Å². The van der Waals surface area contributed by atoms with E-state index in [1.54, 1.807) is 48.9 Å². The van der Waals surface area contributed by atoms with Crippen molar-refractivity contribution in [3.05, 3.63) is 76.1 Å². The lowest BCUT2D eigenvalue weighted by atomic mass is 9.98. The van der Waals surface area contributed by atoms with Crippen LogP contribution in [0, 0.1) is 25.2 Å². The van der Waals surface area contributed by atoms with E-state index in [1.165, 1.54) is 12.1 Å². The minimum atomic E-state index is -1.14. The first-order valence-electron chi connectivity index (χ1n) is 8.46. The highest BCUT2D eigenvalue weighted by molar-refractivity contribution is 5.95. The Morgan fingerprint density at radius 1 is 1.07 bits per heavy atom. The van der Waals surface area contributed by atoms with Gasteiger partial charge in [0.15, 0.2) is 5.69 Å². The van der Waals surface area contributed by atoms with E-state index in [-0.39, 0.29) is 11.3 Å². The van der Waals surface area contributed by atoms with E-state index in [2.05, 4.69) is 11.2 Å². The van der Waals surface area contributed by atoms with Gasteiger partial charge in [-0.1, -0.05) is 18.2 Å². The summed E-state index contributed by atoms with van der Waals surface area (Å²) in [6, 6.07) is 13.6. The quantitative estimate of drug-likeness (QED) is 0.705. The lowest BCUT2D eigenvalue weighted by Crippen LogP contribution is -2.06. The number of carboxylic acid groups (broad SMARTS) is 2. The van der Waals surface area contributed by atoms with Gasteiger partial charge >= 0.3 is 11.9 Å². The van der Waals surface area contributed by atoms with Crippen molar-refractivity contribution in [3.8, 4) is 17.2 Å². The zero-order chi connectivity index (χ0) is 20.4. The Labute approximate surface area is 161 Å². The molecule has 7 heteroatoms. The van der Waals surface area contributed by atoms with Crippen molar-refractivity contribution in [2.45, 2.75) is 20.4 Å². The number of aryl methyl sites for hydroxylation is 1. The van der Waals surface area contributed by atoms with Gasteiger partial charge in [-0.2, -0.15) is 10.4 Å². The molecular formula is C21H17N3O4. The van der Waals surface area contributed by atoms with Crippen LogP contribution in [0.15, 0.2) is 42.5 Å². The molecule has 0 aliphatic carbocycles. The zero-order valence-corrected chi connectivity index (χ0v) is 15.3. The minimum absolute atomic E-state index is 0.0660. The molecule has 0 saturated heterocycles. The summed E-state index contributed by atoms with van der Waals surface area (Å²) < 4.78 is 1.59. The van der Waals surface area contributed by atoms with Crippen molar-refractivity contribution in [1.82, 2.24) is 9.78 Å². The van der Waals surface area contributed by atoms with Crippen LogP contribution in [-0.2, 0) is 6.54 Å². The van der Waals surface area contributed by atoms with Gasteiger partial charge in [-0.25, -0.2) is 9.59 Å². The van der Waals surface area contributed by atoms with Crippen LogP contribution in [0.3, 0.4) is 0 Å². The van der Waals surface area contributed by atoms with Crippen molar-refractivity contribution in [2.24, 2.45) is 0 Å². The summed E-state index contributed by atoms with van der Waals surface area (Å²) in [4.78, 5) is 22.7. The predicted octanol–water partition coefficient (Wildman–Crippen LogP) is 3.48. The molecule has 7 nitrogen and oxygen atoms in total. The molecule has 28 heavy (non-hydrogen) atoms. The van der Waals surface area contributed by atoms with E-state index in [1.807, 2.05) is 0 Å². The number of aromatic carboxylic acids is 2. The van der Waals surface area contributed by atoms with E-state index >= 15 is 0 Å². The van der Waals surface area contributed by atoms with Crippen molar-refractivity contribution in [3.63, 3.8) is 0 Å². The summed E-state index contributed by atoms with van der Waals surface area (Å²) >= 11 is 0. The molecule has 3 aromatic rings. The SMILES string of the molecule is Cc1cc(-c2c(C(=O)O)nn(Cc3ccc(C(=O)O)cc3)c2C)ccc1C#N. The predicted molar refractivity (Wildman–Crippen MR) is 101 cm³/mol. The molecular weight excluding hydrogens is 358 g/mol. The van der Waals surface area contributed by atoms with Crippen molar-refractivity contribution in [2.75, 3.05) is 0 Å². The monoisotopic (exact) mass is 375 g/mol. The van der Waals surface area contributed by atoms with Gasteiger partial charge in [0.2, 0.25) is 0 Å². The van der Waals surface area contributed by atoms with Crippen LogP contribution >= 0.6 is 0 Å². The van der Waals surface area contributed by atoms with E-state index in [9.17, 15) is 14.7 Å². The number of carbonyl (C=O) groups is 2. The van der Waals surface area contributed by atoms with Gasteiger partial charge in [-0.05, 0) is 54.8 Å². The summed E-state index contributed by atoms with van der Waals surface area (Å²) in [7, 11) is 0. The second-order valence-electron chi connectivity index (χ2n) is 6.42. The molecule has 3 rings (SSSR count). The summed E-state index contributed by atoms with van der Waals surface area (Å²) in [6.45, 7) is 3.89. The Bertz CT molecular complexity index is 1120. The number of rotatable bonds is 5. The first-order valence-corrected chi connectivity index (χ1v) is 8.46. The third-order valence-electron chi connectivity index (χ3n) is 4.58. The van der Waals surface area contributed by atoms with E-state index in [0.29, 0.717) is 28.9 Å². The first kappa shape index (κ1) is 18.9. The highest BCUT2D eigenvalue weighted by Gasteiger charge is 2.22. The van der Waals surface area contributed by atoms with Crippen LogP contribution in [0.5, 0.6) is 0 Å². The number of hydrogen-bond donors (Lipinski definition) is 2. The van der Waals surface area contributed by atoms with Crippen molar-refractivity contribution < 1.29 is 19.8 Å². The number of aromatic nitrogens is 2. The summed E-state index contributed by atoms with van der Waals surface area (Å²) in [5.41, 5.74) is 4.06. The second-order valence-corrected chi connectivity index (χ2v) is 6.42. The molecule has 2 aromatic carbocycles. The van der Waals surface area contributed by atoms with Crippen LogP contribution in [0.1, 0.15) is 43.2 Å². The molecule has 140 valence electrons.